The van der Waals surface area contributed by atoms with Crippen LogP contribution in [0.15, 0.2) is 53.4 Å². The van der Waals surface area contributed by atoms with Crippen LogP contribution in [0.5, 0.6) is 0 Å². The van der Waals surface area contributed by atoms with Gasteiger partial charge in [-0.2, -0.15) is 0 Å². The summed E-state index contributed by atoms with van der Waals surface area (Å²) in [6, 6.07) is 13.1. The lowest BCUT2D eigenvalue weighted by Crippen LogP contribution is -2.54. The number of likely N-dealkylation sites (N-methyl/N-ethyl adjacent to an activating group) is 1. The van der Waals surface area contributed by atoms with Crippen molar-refractivity contribution in [2.45, 2.75) is 24.2 Å². The van der Waals surface area contributed by atoms with Gasteiger partial charge < -0.3 is 9.88 Å². The summed E-state index contributed by atoms with van der Waals surface area (Å²) in [6.45, 7) is 2.93. The van der Waals surface area contributed by atoms with E-state index >= 15 is 0 Å². The average Bonchev–Trinajstić information content (AvgIpc) is 3.04. The Morgan fingerprint density at radius 3 is 2.28 bits per heavy atom. The minimum atomic E-state index is -3.92. The summed E-state index contributed by atoms with van der Waals surface area (Å²) in [5.74, 6) is -1.79. The van der Waals surface area contributed by atoms with E-state index in [9.17, 15) is 22.8 Å². The molecule has 0 fully saturated rings. The van der Waals surface area contributed by atoms with E-state index < -0.39 is 32.8 Å². The number of imide groups is 1. The molecule has 3 aromatic rings. The molecule has 0 saturated heterocycles. The minimum Gasteiger partial charge on any atom is -0.346 e. The Balaban J connectivity index is 1.84. The number of carbonyl (C=O) groups excluding carboxylic acids is 3. The van der Waals surface area contributed by atoms with Crippen molar-refractivity contribution in [3.63, 3.8) is 0 Å². The molecule has 32 heavy (non-hydrogen) atoms. The number of nitrogens with zero attached hydrogens (tertiary/aromatic N) is 2. The van der Waals surface area contributed by atoms with Crippen molar-refractivity contribution in [3.8, 4) is 0 Å². The molecule has 0 aliphatic carbocycles. The highest BCUT2D eigenvalue weighted by molar-refractivity contribution is 7.91. The van der Waals surface area contributed by atoms with Crippen LogP contribution in [0.1, 0.15) is 29.9 Å². The first-order chi connectivity index (χ1) is 15.0. The predicted octanol–water partition coefficient (Wildman–Crippen LogP) is 2.48. The van der Waals surface area contributed by atoms with Crippen LogP contribution in [-0.2, 0) is 31.9 Å². The minimum absolute atomic E-state index is 0.0282. The first-order valence-electron chi connectivity index (χ1n) is 9.98. The molecule has 1 atom stereocenters. The number of hydrogen-bond acceptors (Lipinski definition) is 5. The first-order valence-corrected chi connectivity index (χ1v) is 11.6. The molecule has 1 N–H and O–H groups in total. The lowest BCUT2D eigenvalue weighted by Gasteiger charge is -2.37. The zero-order chi connectivity index (χ0) is 23.4. The normalized spacial score (nSPS) is 18.7. The van der Waals surface area contributed by atoms with Crippen molar-refractivity contribution in [3.05, 3.63) is 59.8 Å². The number of rotatable bonds is 4. The summed E-state index contributed by atoms with van der Waals surface area (Å²) in [4.78, 5) is 38.6. The highest BCUT2D eigenvalue weighted by atomic mass is 32.2. The van der Waals surface area contributed by atoms with Gasteiger partial charge in [-0.1, -0.05) is 18.2 Å². The average molecular weight is 454 g/mol. The van der Waals surface area contributed by atoms with E-state index in [1.54, 1.807) is 30.7 Å². The number of anilines is 1. The van der Waals surface area contributed by atoms with Gasteiger partial charge in [-0.15, -0.1) is 0 Å². The Labute approximate surface area is 185 Å². The van der Waals surface area contributed by atoms with E-state index in [2.05, 4.69) is 5.32 Å². The molecule has 4 rings (SSSR count). The highest BCUT2D eigenvalue weighted by Gasteiger charge is 2.51. The van der Waals surface area contributed by atoms with Gasteiger partial charge in [0, 0.05) is 43.3 Å². The zero-order valence-corrected chi connectivity index (χ0v) is 19.0. The zero-order valence-electron chi connectivity index (χ0n) is 18.2. The fourth-order valence-electron chi connectivity index (χ4n) is 4.53. The first kappa shape index (κ1) is 21.8. The molecular weight excluding hydrogens is 430 g/mol. The van der Waals surface area contributed by atoms with Crippen LogP contribution in [-0.4, -0.2) is 48.4 Å². The molecule has 166 valence electrons. The summed E-state index contributed by atoms with van der Waals surface area (Å²) in [5.41, 5.74) is 0.491. The molecule has 1 unspecified atom stereocenters. The van der Waals surface area contributed by atoms with Crippen LogP contribution in [0, 0.1) is 0 Å². The van der Waals surface area contributed by atoms with E-state index in [1.807, 2.05) is 12.1 Å². The molecule has 3 amide bonds. The summed E-state index contributed by atoms with van der Waals surface area (Å²) < 4.78 is 28.5. The molecule has 0 saturated carbocycles. The Morgan fingerprint density at radius 1 is 1.03 bits per heavy atom. The second kappa shape index (κ2) is 7.30. The maximum atomic E-state index is 13.4. The number of amides is 3. The second-order valence-corrected chi connectivity index (χ2v) is 10.3. The van der Waals surface area contributed by atoms with E-state index in [-0.39, 0.29) is 10.8 Å². The van der Waals surface area contributed by atoms with Gasteiger partial charge in [-0.25, -0.2) is 8.42 Å². The second-order valence-electron chi connectivity index (χ2n) is 8.27. The third-order valence-corrected chi connectivity index (χ3v) is 7.89. The van der Waals surface area contributed by atoms with Gasteiger partial charge in [0.25, 0.3) is 5.91 Å². The van der Waals surface area contributed by atoms with Crippen LogP contribution in [0.2, 0.25) is 0 Å². The lowest BCUT2D eigenvalue weighted by atomic mass is 9.81. The van der Waals surface area contributed by atoms with Crippen molar-refractivity contribution in [2.75, 3.05) is 18.1 Å². The molecule has 0 radical (unpaired) electrons. The number of fused-ring (bicyclic) bond motifs is 3. The Hall–Kier alpha value is -3.46. The fraction of sp³-hybridized carbons (Fsp3) is 0.261. The van der Waals surface area contributed by atoms with Crippen LogP contribution in [0.3, 0.4) is 0 Å². The SMILES string of the molecule is CC(=O)Nc1ccc(S(=O)(=O)CC2(C)C(=O)N(C)C(=O)c3c2n(C)c2ccccc32)cc1. The lowest BCUT2D eigenvalue weighted by molar-refractivity contribution is -0.133. The van der Waals surface area contributed by atoms with Gasteiger partial charge in [0.2, 0.25) is 11.8 Å². The third-order valence-electron chi connectivity index (χ3n) is 5.94. The van der Waals surface area contributed by atoms with E-state index in [1.165, 1.54) is 38.2 Å². The van der Waals surface area contributed by atoms with Crippen molar-refractivity contribution in [2.24, 2.45) is 7.05 Å². The summed E-state index contributed by atoms with van der Waals surface area (Å²) in [5, 5.41) is 3.27. The number of carbonyl (C=O) groups is 3. The molecule has 9 heteroatoms. The molecule has 0 spiro atoms. The largest absolute Gasteiger partial charge is 0.346 e. The van der Waals surface area contributed by atoms with Crippen LogP contribution >= 0.6 is 0 Å². The van der Waals surface area contributed by atoms with E-state index in [0.717, 1.165) is 10.4 Å². The molecule has 8 nitrogen and oxygen atoms in total. The van der Waals surface area contributed by atoms with Gasteiger partial charge in [0.1, 0.15) is 5.41 Å². The topological polar surface area (TPSA) is 106 Å². The Kier molecular flexibility index (Phi) is 4.97. The monoisotopic (exact) mass is 453 g/mol. The van der Waals surface area contributed by atoms with Crippen molar-refractivity contribution < 1.29 is 22.8 Å². The molecule has 1 aliphatic heterocycles. The van der Waals surface area contributed by atoms with Gasteiger partial charge >= 0.3 is 0 Å². The van der Waals surface area contributed by atoms with Crippen LogP contribution in [0.4, 0.5) is 5.69 Å². The maximum Gasteiger partial charge on any atom is 0.262 e. The highest BCUT2D eigenvalue weighted by Crippen LogP contribution is 2.41. The number of aryl methyl sites for hydroxylation is 1. The van der Waals surface area contributed by atoms with Gasteiger partial charge in [-0.3, -0.25) is 19.3 Å². The smallest absolute Gasteiger partial charge is 0.262 e. The molecule has 1 aromatic heterocycles. The predicted molar refractivity (Wildman–Crippen MR) is 120 cm³/mol. The number of nitrogens with one attached hydrogen (secondary N) is 1. The summed E-state index contributed by atoms with van der Waals surface area (Å²) >= 11 is 0. The maximum absolute atomic E-state index is 13.4. The molecule has 2 heterocycles. The number of benzene rings is 2. The van der Waals surface area contributed by atoms with Crippen molar-refractivity contribution in [1.29, 1.82) is 0 Å². The number of aromatic nitrogens is 1. The third kappa shape index (κ3) is 3.20. The number of hydrogen-bond donors (Lipinski definition) is 1. The fourth-order valence-corrected chi connectivity index (χ4v) is 6.27. The quantitative estimate of drug-likeness (QED) is 0.611. The standard InChI is InChI=1S/C23H23N3O5S/c1-14(27)24-15-9-11-16(12-10-15)32(30,31)13-23(2)20-19(21(28)26(4)22(23)29)17-7-5-6-8-18(17)25(20)3/h5-12H,13H2,1-4H3,(H,24,27). The molecular formula is C23H23N3O5S. The van der Waals surface area contributed by atoms with E-state index in [0.29, 0.717) is 22.3 Å². The number of sulfone groups is 1. The number of para-hydroxylation sites is 1. The van der Waals surface area contributed by atoms with Crippen LogP contribution in [0.25, 0.3) is 10.9 Å². The Morgan fingerprint density at radius 2 is 1.66 bits per heavy atom. The molecule has 2 aromatic carbocycles. The van der Waals surface area contributed by atoms with Gasteiger partial charge in [-0.05, 0) is 37.3 Å². The van der Waals surface area contributed by atoms with Crippen molar-refractivity contribution in [1.82, 2.24) is 9.47 Å². The summed E-state index contributed by atoms with van der Waals surface area (Å²) in [7, 11) is -0.805. The molecule has 0 bridgehead atoms. The van der Waals surface area contributed by atoms with Crippen LogP contribution < -0.4 is 5.32 Å². The summed E-state index contributed by atoms with van der Waals surface area (Å²) in [6.07, 6.45) is 0. The molecule has 1 aliphatic rings. The van der Waals surface area contributed by atoms with Crippen molar-refractivity contribution >= 4 is 44.1 Å². The van der Waals surface area contributed by atoms with Gasteiger partial charge in [0.15, 0.2) is 9.84 Å². The Bertz CT molecular complexity index is 1390. The van der Waals surface area contributed by atoms with Gasteiger partial charge in [0.05, 0.1) is 16.2 Å². The van der Waals surface area contributed by atoms with E-state index in [4.69, 9.17) is 0 Å².